The van der Waals surface area contributed by atoms with Crippen LogP contribution in [-0.2, 0) is 35.8 Å². The number of nitrogens with zero attached hydrogens (tertiary/aromatic N) is 2. The SMILES string of the molecule is CS(=O)(=O)N(CC(=O)Nc1ccc(C(F)(F)F)cc1)c1ccc(S(=O)(=O)N2CCOCC2)cc1. The molecule has 1 fully saturated rings. The number of halogens is 3. The Labute approximate surface area is 195 Å². The van der Waals surface area contributed by atoms with Crippen molar-refractivity contribution < 1.29 is 39.5 Å². The summed E-state index contributed by atoms with van der Waals surface area (Å²) in [5.74, 6) is -0.796. The summed E-state index contributed by atoms with van der Waals surface area (Å²) in [5.41, 5.74) is -0.792. The molecule has 0 aliphatic carbocycles. The van der Waals surface area contributed by atoms with E-state index in [0.29, 0.717) is 0 Å². The van der Waals surface area contributed by atoms with E-state index < -0.39 is 44.2 Å². The monoisotopic (exact) mass is 521 g/mol. The normalized spacial score (nSPS) is 15.6. The summed E-state index contributed by atoms with van der Waals surface area (Å²) in [6.45, 7) is 0.267. The first-order valence-electron chi connectivity index (χ1n) is 9.91. The van der Waals surface area contributed by atoms with Crippen LogP contribution in [-0.4, -0.2) is 66.2 Å². The number of morpholine rings is 1. The molecule has 1 aliphatic rings. The molecule has 0 radical (unpaired) electrons. The van der Waals surface area contributed by atoms with Crippen LogP contribution in [0.3, 0.4) is 0 Å². The van der Waals surface area contributed by atoms with Crippen molar-refractivity contribution in [3.05, 3.63) is 54.1 Å². The Kier molecular flexibility index (Phi) is 7.55. The van der Waals surface area contributed by atoms with Gasteiger partial charge in [-0.3, -0.25) is 9.10 Å². The van der Waals surface area contributed by atoms with E-state index in [0.717, 1.165) is 34.8 Å². The average Bonchev–Trinajstić information content (AvgIpc) is 2.77. The molecule has 34 heavy (non-hydrogen) atoms. The van der Waals surface area contributed by atoms with Gasteiger partial charge in [0, 0.05) is 18.8 Å². The third-order valence-corrected chi connectivity index (χ3v) is 7.97. The molecule has 2 aromatic carbocycles. The minimum Gasteiger partial charge on any atom is -0.379 e. The van der Waals surface area contributed by atoms with E-state index in [2.05, 4.69) is 5.32 Å². The summed E-state index contributed by atoms with van der Waals surface area (Å²) in [4.78, 5) is 12.4. The molecule has 1 amide bonds. The number of nitrogens with one attached hydrogen (secondary N) is 1. The van der Waals surface area contributed by atoms with Gasteiger partial charge in [-0.2, -0.15) is 17.5 Å². The highest BCUT2D eigenvalue weighted by Crippen LogP contribution is 2.30. The number of anilines is 2. The van der Waals surface area contributed by atoms with Crippen LogP contribution in [0.15, 0.2) is 53.4 Å². The molecule has 3 rings (SSSR count). The maximum Gasteiger partial charge on any atom is 0.416 e. The van der Waals surface area contributed by atoms with E-state index in [1.54, 1.807) is 0 Å². The molecular weight excluding hydrogens is 499 g/mol. The van der Waals surface area contributed by atoms with Crippen molar-refractivity contribution >= 4 is 37.3 Å². The molecule has 1 aliphatic heterocycles. The Morgan fingerprint density at radius 2 is 1.56 bits per heavy atom. The highest BCUT2D eigenvalue weighted by atomic mass is 32.2. The largest absolute Gasteiger partial charge is 0.416 e. The zero-order chi connectivity index (χ0) is 25.1. The molecule has 0 atom stereocenters. The van der Waals surface area contributed by atoms with Crippen molar-refractivity contribution in [2.24, 2.45) is 0 Å². The summed E-state index contributed by atoms with van der Waals surface area (Å²) in [6, 6.07) is 8.69. The van der Waals surface area contributed by atoms with Crippen molar-refractivity contribution in [3.63, 3.8) is 0 Å². The molecule has 1 saturated heterocycles. The summed E-state index contributed by atoms with van der Waals surface area (Å²) in [6.07, 6.45) is -3.66. The molecule has 0 bridgehead atoms. The van der Waals surface area contributed by atoms with Crippen LogP contribution < -0.4 is 9.62 Å². The lowest BCUT2D eigenvalue weighted by Gasteiger charge is -2.26. The number of sulfonamides is 2. The summed E-state index contributed by atoms with van der Waals surface area (Å²) >= 11 is 0. The first-order valence-corrected chi connectivity index (χ1v) is 13.2. The van der Waals surface area contributed by atoms with E-state index >= 15 is 0 Å². The molecule has 1 heterocycles. The zero-order valence-electron chi connectivity index (χ0n) is 17.9. The summed E-state index contributed by atoms with van der Waals surface area (Å²) < 4.78 is 95.2. The van der Waals surface area contributed by atoms with Gasteiger partial charge in [-0.05, 0) is 48.5 Å². The van der Waals surface area contributed by atoms with Gasteiger partial charge < -0.3 is 10.1 Å². The van der Waals surface area contributed by atoms with Gasteiger partial charge in [0.1, 0.15) is 6.54 Å². The Balaban J connectivity index is 1.75. The van der Waals surface area contributed by atoms with Crippen molar-refractivity contribution in [2.75, 3.05) is 48.7 Å². The second-order valence-electron chi connectivity index (χ2n) is 7.40. The van der Waals surface area contributed by atoms with E-state index in [9.17, 15) is 34.8 Å². The van der Waals surface area contributed by atoms with Gasteiger partial charge in [0.15, 0.2) is 0 Å². The summed E-state index contributed by atoms with van der Waals surface area (Å²) in [7, 11) is -7.74. The number of ether oxygens (including phenoxy) is 1. The van der Waals surface area contributed by atoms with Crippen LogP contribution in [0.5, 0.6) is 0 Å². The number of rotatable bonds is 7. The van der Waals surface area contributed by atoms with Gasteiger partial charge in [0.2, 0.25) is 26.0 Å². The predicted molar refractivity (Wildman–Crippen MR) is 118 cm³/mol. The standard InChI is InChI=1S/C20H22F3N3O6S2/c1-33(28,29)26(14-19(27)24-16-4-2-15(3-5-16)20(21,22)23)17-6-8-18(9-7-17)34(30,31)25-10-12-32-13-11-25/h2-9H,10-14H2,1H3,(H,24,27). The van der Waals surface area contributed by atoms with E-state index in [-0.39, 0.29) is 42.6 Å². The fourth-order valence-corrected chi connectivity index (χ4v) is 5.46. The van der Waals surface area contributed by atoms with E-state index in [1.165, 1.54) is 28.6 Å². The molecule has 0 unspecified atom stereocenters. The van der Waals surface area contributed by atoms with Crippen molar-refractivity contribution in [1.82, 2.24) is 4.31 Å². The van der Waals surface area contributed by atoms with Crippen LogP contribution in [0.4, 0.5) is 24.5 Å². The van der Waals surface area contributed by atoms with Crippen LogP contribution in [0, 0.1) is 0 Å². The molecule has 1 N–H and O–H groups in total. The fraction of sp³-hybridized carbons (Fsp3) is 0.350. The molecule has 14 heteroatoms. The van der Waals surface area contributed by atoms with Gasteiger partial charge >= 0.3 is 6.18 Å². The van der Waals surface area contributed by atoms with Gasteiger partial charge in [-0.15, -0.1) is 0 Å². The third kappa shape index (κ3) is 6.25. The Morgan fingerprint density at radius 1 is 1.00 bits per heavy atom. The van der Waals surface area contributed by atoms with Crippen LogP contribution in [0.25, 0.3) is 0 Å². The van der Waals surface area contributed by atoms with Gasteiger partial charge in [0.25, 0.3) is 0 Å². The average molecular weight is 522 g/mol. The third-order valence-electron chi connectivity index (χ3n) is 4.92. The number of carbonyl (C=O) groups is 1. The second kappa shape index (κ2) is 9.90. The Bertz CT molecular complexity index is 1230. The smallest absolute Gasteiger partial charge is 0.379 e. The maximum atomic E-state index is 12.7. The lowest BCUT2D eigenvalue weighted by molar-refractivity contribution is -0.137. The molecular formula is C20H22F3N3O6S2. The number of hydrogen-bond donors (Lipinski definition) is 1. The van der Waals surface area contributed by atoms with Crippen LogP contribution in [0.2, 0.25) is 0 Å². The second-order valence-corrected chi connectivity index (χ2v) is 11.2. The molecule has 0 saturated carbocycles. The minimum absolute atomic E-state index is 0.0409. The Morgan fingerprint density at radius 3 is 2.06 bits per heavy atom. The quantitative estimate of drug-likeness (QED) is 0.598. The number of benzene rings is 2. The van der Waals surface area contributed by atoms with E-state index in [4.69, 9.17) is 4.74 Å². The molecule has 2 aromatic rings. The maximum absolute atomic E-state index is 12.7. The topological polar surface area (TPSA) is 113 Å². The van der Waals surface area contributed by atoms with Crippen molar-refractivity contribution in [1.29, 1.82) is 0 Å². The molecule has 186 valence electrons. The van der Waals surface area contributed by atoms with Gasteiger partial charge in [-0.1, -0.05) is 0 Å². The zero-order valence-corrected chi connectivity index (χ0v) is 19.6. The highest BCUT2D eigenvalue weighted by Gasteiger charge is 2.30. The number of amides is 1. The highest BCUT2D eigenvalue weighted by molar-refractivity contribution is 7.92. The first kappa shape index (κ1) is 25.9. The molecule has 0 spiro atoms. The lowest BCUT2D eigenvalue weighted by Crippen LogP contribution is -2.40. The fourth-order valence-electron chi connectivity index (χ4n) is 3.19. The number of carbonyl (C=O) groups excluding carboxylic acids is 1. The Hall–Kier alpha value is -2.68. The van der Waals surface area contributed by atoms with Crippen molar-refractivity contribution in [3.8, 4) is 0 Å². The minimum atomic E-state index is -4.53. The molecule has 9 nitrogen and oxygen atoms in total. The predicted octanol–water partition coefficient (Wildman–Crippen LogP) is 2.13. The van der Waals surface area contributed by atoms with Crippen LogP contribution in [0.1, 0.15) is 5.56 Å². The van der Waals surface area contributed by atoms with Crippen LogP contribution >= 0.6 is 0 Å². The van der Waals surface area contributed by atoms with Gasteiger partial charge in [-0.25, -0.2) is 16.8 Å². The van der Waals surface area contributed by atoms with Gasteiger partial charge in [0.05, 0.1) is 35.6 Å². The summed E-state index contributed by atoms with van der Waals surface area (Å²) in [5, 5.41) is 2.34. The van der Waals surface area contributed by atoms with Crippen molar-refractivity contribution in [2.45, 2.75) is 11.1 Å². The lowest BCUT2D eigenvalue weighted by atomic mass is 10.2. The number of hydrogen-bond acceptors (Lipinski definition) is 6. The number of alkyl halides is 3. The first-order chi connectivity index (χ1) is 15.8. The van der Waals surface area contributed by atoms with E-state index in [1.807, 2.05) is 0 Å². The molecule has 0 aromatic heterocycles.